The Labute approximate surface area is 126 Å². The second-order valence-electron chi connectivity index (χ2n) is 6.16. The first-order chi connectivity index (χ1) is 10.6. The average Bonchev–Trinajstić information content (AvgIpc) is 2.84. The lowest BCUT2D eigenvalue weighted by atomic mass is 9.52. The zero-order chi connectivity index (χ0) is 15.1. The molecule has 2 atom stereocenters. The van der Waals surface area contributed by atoms with Gasteiger partial charge in [0.1, 0.15) is 11.5 Å². The molecule has 0 aromatic heterocycles. The maximum Gasteiger partial charge on any atom is 0.321 e. The van der Waals surface area contributed by atoms with Gasteiger partial charge in [-0.15, -0.1) is 0 Å². The molecule has 22 heavy (non-hydrogen) atoms. The van der Waals surface area contributed by atoms with Gasteiger partial charge in [-0.1, -0.05) is 48.5 Å². The number of carbonyl (C=O) groups is 2. The van der Waals surface area contributed by atoms with Gasteiger partial charge in [0, 0.05) is 5.92 Å². The molecule has 1 fully saturated rings. The molecule has 4 aliphatic rings. The van der Waals surface area contributed by atoms with Crippen LogP contribution in [0.25, 0.3) is 0 Å². The smallest absolute Gasteiger partial charge is 0.321 e. The molecular formula is C18H12O4. The summed E-state index contributed by atoms with van der Waals surface area (Å²) in [4.78, 5) is 24.4. The highest BCUT2D eigenvalue weighted by Gasteiger charge is 2.67. The van der Waals surface area contributed by atoms with E-state index in [1.54, 1.807) is 0 Å². The van der Waals surface area contributed by atoms with Gasteiger partial charge in [-0.3, -0.25) is 9.59 Å². The molecule has 1 heterocycles. The number of hydrogen-bond donors (Lipinski definition) is 1. The Kier molecular flexibility index (Phi) is 2.01. The van der Waals surface area contributed by atoms with E-state index in [0.29, 0.717) is 11.1 Å². The van der Waals surface area contributed by atoms with E-state index in [9.17, 15) is 14.7 Å². The summed E-state index contributed by atoms with van der Waals surface area (Å²) in [6.07, 6.45) is 0. The lowest BCUT2D eigenvalue weighted by Gasteiger charge is -2.50. The lowest BCUT2D eigenvalue weighted by Crippen LogP contribution is -2.53. The summed E-state index contributed by atoms with van der Waals surface area (Å²) in [5.74, 6) is -2.86. The van der Waals surface area contributed by atoms with Crippen molar-refractivity contribution in [1.82, 2.24) is 0 Å². The first-order valence-electron chi connectivity index (χ1n) is 7.30. The number of aliphatic hydroxyl groups is 1. The number of hydrogen-bond acceptors (Lipinski definition) is 4. The van der Waals surface area contributed by atoms with Crippen molar-refractivity contribution < 1.29 is 19.4 Å². The fourth-order valence-electron chi connectivity index (χ4n) is 4.54. The molecule has 3 aliphatic carbocycles. The molecule has 6 rings (SSSR count). The van der Waals surface area contributed by atoms with E-state index < -0.39 is 29.4 Å². The van der Waals surface area contributed by atoms with Crippen LogP contribution in [0.3, 0.4) is 0 Å². The SMILES string of the molecule is O=C1OC(=O)C2C1C1c3ccccc3C2(O)c2ccccc21. The van der Waals surface area contributed by atoms with E-state index in [4.69, 9.17) is 4.74 Å². The van der Waals surface area contributed by atoms with Gasteiger partial charge in [-0.05, 0) is 22.3 Å². The maximum atomic E-state index is 12.2. The largest absolute Gasteiger partial charge is 0.393 e. The zero-order valence-electron chi connectivity index (χ0n) is 11.5. The van der Waals surface area contributed by atoms with Gasteiger partial charge in [0.05, 0.1) is 5.92 Å². The Morgan fingerprint density at radius 2 is 1.41 bits per heavy atom. The molecule has 2 bridgehead atoms. The van der Waals surface area contributed by atoms with Crippen LogP contribution in [-0.4, -0.2) is 17.0 Å². The van der Waals surface area contributed by atoms with Crippen LogP contribution in [0.15, 0.2) is 48.5 Å². The van der Waals surface area contributed by atoms with Gasteiger partial charge >= 0.3 is 11.9 Å². The highest BCUT2D eigenvalue weighted by atomic mass is 16.6. The van der Waals surface area contributed by atoms with Crippen LogP contribution in [0, 0.1) is 11.8 Å². The molecular weight excluding hydrogens is 280 g/mol. The van der Waals surface area contributed by atoms with Gasteiger partial charge in [0.2, 0.25) is 0 Å². The number of rotatable bonds is 0. The van der Waals surface area contributed by atoms with Crippen molar-refractivity contribution in [2.75, 3.05) is 0 Å². The number of ether oxygens (including phenoxy) is 1. The van der Waals surface area contributed by atoms with Crippen LogP contribution in [0.5, 0.6) is 0 Å². The summed E-state index contributed by atoms with van der Waals surface area (Å²) in [7, 11) is 0. The summed E-state index contributed by atoms with van der Waals surface area (Å²) in [5, 5.41) is 11.5. The Morgan fingerprint density at radius 1 is 0.864 bits per heavy atom. The number of esters is 2. The van der Waals surface area contributed by atoms with Crippen LogP contribution in [0.4, 0.5) is 0 Å². The van der Waals surface area contributed by atoms with Crippen molar-refractivity contribution in [2.24, 2.45) is 11.8 Å². The molecule has 1 saturated heterocycles. The molecule has 0 radical (unpaired) electrons. The first-order valence-corrected chi connectivity index (χ1v) is 7.30. The van der Waals surface area contributed by atoms with E-state index in [0.717, 1.165) is 11.1 Å². The summed E-state index contributed by atoms with van der Waals surface area (Å²) in [6, 6.07) is 15.0. The molecule has 4 heteroatoms. The maximum absolute atomic E-state index is 12.2. The normalized spacial score (nSPS) is 34.0. The molecule has 2 unspecified atom stereocenters. The highest BCUT2D eigenvalue weighted by Crippen LogP contribution is 2.62. The zero-order valence-corrected chi connectivity index (χ0v) is 11.5. The average molecular weight is 292 g/mol. The van der Waals surface area contributed by atoms with Gasteiger partial charge in [0.15, 0.2) is 0 Å². The molecule has 0 saturated carbocycles. The Balaban J connectivity index is 1.94. The minimum Gasteiger partial charge on any atom is -0.393 e. The lowest BCUT2D eigenvalue weighted by molar-refractivity contribution is -0.155. The van der Waals surface area contributed by atoms with E-state index in [1.165, 1.54) is 0 Å². The van der Waals surface area contributed by atoms with Crippen molar-refractivity contribution in [3.8, 4) is 0 Å². The molecule has 1 aliphatic heterocycles. The van der Waals surface area contributed by atoms with Crippen molar-refractivity contribution in [3.05, 3.63) is 70.8 Å². The van der Waals surface area contributed by atoms with Crippen molar-refractivity contribution in [2.45, 2.75) is 11.5 Å². The van der Waals surface area contributed by atoms with Gasteiger partial charge in [-0.2, -0.15) is 0 Å². The van der Waals surface area contributed by atoms with Crippen molar-refractivity contribution >= 4 is 11.9 Å². The van der Waals surface area contributed by atoms with Crippen LogP contribution in [0.2, 0.25) is 0 Å². The Bertz CT molecular complexity index is 806. The third-order valence-corrected chi connectivity index (χ3v) is 5.31. The summed E-state index contributed by atoms with van der Waals surface area (Å²) < 4.78 is 4.88. The second kappa shape index (κ2) is 3.65. The van der Waals surface area contributed by atoms with Crippen LogP contribution < -0.4 is 0 Å². The minimum absolute atomic E-state index is 0.231. The third kappa shape index (κ3) is 1.12. The summed E-state index contributed by atoms with van der Waals surface area (Å²) in [6.45, 7) is 0. The topological polar surface area (TPSA) is 63.6 Å². The van der Waals surface area contributed by atoms with Crippen LogP contribution in [0.1, 0.15) is 28.2 Å². The second-order valence-corrected chi connectivity index (χ2v) is 6.16. The van der Waals surface area contributed by atoms with Crippen molar-refractivity contribution in [1.29, 1.82) is 0 Å². The monoisotopic (exact) mass is 292 g/mol. The first kappa shape index (κ1) is 12.1. The number of benzene rings is 2. The van der Waals surface area contributed by atoms with Crippen LogP contribution >= 0.6 is 0 Å². The predicted octanol–water partition coefficient (Wildman–Crippen LogP) is 1.70. The molecule has 108 valence electrons. The summed E-state index contributed by atoms with van der Waals surface area (Å²) in [5.41, 5.74) is 1.77. The van der Waals surface area contributed by atoms with E-state index in [-0.39, 0.29) is 5.92 Å². The summed E-state index contributed by atoms with van der Waals surface area (Å²) >= 11 is 0. The molecule has 0 spiro atoms. The van der Waals surface area contributed by atoms with E-state index in [2.05, 4.69) is 0 Å². The molecule has 0 amide bonds. The van der Waals surface area contributed by atoms with E-state index in [1.807, 2.05) is 48.5 Å². The number of carbonyl (C=O) groups excluding carboxylic acids is 2. The van der Waals surface area contributed by atoms with Gasteiger partial charge in [-0.25, -0.2) is 0 Å². The van der Waals surface area contributed by atoms with E-state index >= 15 is 0 Å². The molecule has 4 nitrogen and oxygen atoms in total. The minimum atomic E-state index is -1.49. The highest BCUT2D eigenvalue weighted by molar-refractivity contribution is 6.00. The fraction of sp³-hybridized carbons (Fsp3) is 0.222. The van der Waals surface area contributed by atoms with Gasteiger partial charge < -0.3 is 9.84 Å². The molecule has 2 aromatic carbocycles. The predicted molar refractivity (Wildman–Crippen MR) is 75.8 cm³/mol. The number of cyclic esters (lactones) is 2. The quantitative estimate of drug-likeness (QED) is 0.593. The standard InChI is InChI=1S/C18H12O4/c19-16-14-13-9-5-1-3-7-11(9)18(21,15(14)17(20)22-16)12-8-4-2-6-10(12)13/h1-8,13-15,21H. The Hall–Kier alpha value is -2.46. The van der Waals surface area contributed by atoms with Gasteiger partial charge in [0.25, 0.3) is 0 Å². The third-order valence-electron chi connectivity index (χ3n) is 5.31. The fourth-order valence-corrected chi connectivity index (χ4v) is 4.54. The van der Waals surface area contributed by atoms with Crippen LogP contribution in [-0.2, 0) is 19.9 Å². The van der Waals surface area contributed by atoms with Crippen molar-refractivity contribution in [3.63, 3.8) is 0 Å². The Morgan fingerprint density at radius 3 is 2.00 bits per heavy atom. The molecule has 1 N–H and O–H groups in total. The molecule has 2 aromatic rings.